The molecule has 0 aliphatic rings. The largest absolute Gasteiger partial charge is 0.497 e. The number of hydrogen-bond donors (Lipinski definition) is 3. The second-order valence-electron chi connectivity index (χ2n) is 6.32. The van der Waals surface area contributed by atoms with E-state index in [-0.39, 0.29) is 35.2 Å². The number of aromatic amines is 1. The number of aryl methyl sites for hydroxylation is 1. The number of imidazole rings is 1. The number of aliphatic hydroxyl groups is 1. The maximum atomic E-state index is 12.4. The van der Waals surface area contributed by atoms with Gasteiger partial charge in [0.05, 0.1) is 19.4 Å². The fourth-order valence-electron chi connectivity index (χ4n) is 2.75. The van der Waals surface area contributed by atoms with Crippen molar-refractivity contribution in [3.63, 3.8) is 0 Å². The number of H-pyrrole nitrogens is 1. The van der Waals surface area contributed by atoms with Crippen LogP contribution in [0.1, 0.15) is 0 Å². The number of nitrogens with zero attached hydrogens (tertiary/aromatic N) is 3. The van der Waals surface area contributed by atoms with Crippen LogP contribution in [0.4, 0.5) is 0 Å². The molecule has 3 aromatic rings. The molecule has 2 aromatic heterocycles. The number of carboxylic acid groups (broad SMARTS) is 1. The van der Waals surface area contributed by atoms with Gasteiger partial charge in [0.25, 0.3) is 5.56 Å². The van der Waals surface area contributed by atoms with Crippen LogP contribution in [0.15, 0.2) is 39.0 Å². The second-order valence-corrected chi connectivity index (χ2v) is 7.26. The van der Waals surface area contributed by atoms with E-state index in [1.54, 1.807) is 31.4 Å². The van der Waals surface area contributed by atoms with Crippen molar-refractivity contribution in [2.45, 2.75) is 17.8 Å². The number of nitrogens with one attached hydrogen (secondary N) is 1. The van der Waals surface area contributed by atoms with Crippen molar-refractivity contribution in [2.24, 2.45) is 7.05 Å². The highest BCUT2D eigenvalue weighted by Crippen LogP contribution is 2.22. The monoisotopic (exact) mass is 436 g/mol. The smallest absolute Gasteiger partial charge is 0.329 e. The van der Waals surface area contributed by atoms with E-state index in [9.17, 15) is 19.5 Å². The highest BCUT2D eigenvalue weighted by atomic mass is 32.2. The Bertz CT molecular complexity index is 1170. The standard InChI is InChI=1S/C18H20N4O7S/c1-21-15-14(16(26)20-17(21)27)22(18(19-15)30-9-13(24)25)7-10(23)8-29-12-5-3-11(28-2)4-6-12/h3-6,10,23H,7-9H2,1-2H3,(H,24,25)(H,20,26,27)/t10-/m0/s1. The Morgan fingerprint density at radius 2 is 1.93 bits per heavy atom. The first kappa shape index (κ1) is 21.5. The van der Waals surface area contributed by atoms with Crippen LogP contribution in [0.5, 0.6) is 11.5 Å². The number of carboxylic acids is 1. The van der Waals surface area contributed by atoms with Crippen LogP contribution in [0, 0.1) is 0 Å². The van der Waals surface area contributed by atoms with Crippen molar-refractivity contribution in [3.8, 4) is 11.5 Å². The lowest BCUT2D eigenvalue weighted by Crippen LogP contribution is -2.30. The molecule has 3 rings (SSSR count). The van der Waals surface area contributed by atoms with Crippen molar-refractivity contribution in [1.82, 2.24) is 19.1 Å². The molecule has 0 spiro atoms. The zero-order valence-corrected chi connectivity index (χ0v) is 17.0. The summed E-state index contributed by atoms with van der Waals surface area (Å²) in [5.74, 6) is -0.179. The summed E-state index contributed by atoms with van der Waals surface area (Å²) in [6.45, 7) is -0.172. The quantitative estimate of drug-likeness (QED) is 0.396. The number of benzene rings is 1. The van der Waals surface area contributed by atoms with E-state index in [4.69, 9.17) is 14.6 Å². The summed E-state index contributed by atoms with van der Waals surface area (Å²) in [6, 6.07) is 6.80. The molecular weight excluding hydrogens is 416 g/mol. The summed E-state index contributed by atoms with van der Waals surface area (Å²) in [5, 5.41) is 19.6. The number of fused-ring (bicyclic) bond motifs is 1. The van der Waals surface area contributed by atoms with Gasteiger partial charge in [0, 0.05) is 7.05 Å². The van der Waals surface area contributed by atoms with Crippen LogP contribution >= 0.6 is 11.8 Å². The molecule has 0 bridgehead atoms. The molecule has 0 saturated carbocycles. The third-order valence-electron chi connectivity index (χ3n) is 4.19. The van der Waals surface area contributed by atoms with Crippen molar-refractivity contribution < 1.29 is 24.5 Å². The minimum atomic E-state index is -1.07. The summed E-state index contributed by atoms with van der Waals surface area (Å²) in [4.78, 5) is 41.6. The van der Waals surface area contributed by atoms with Crippen molar-refractivity contribution in [3.05, 3.63) is 45.1 Å². The lowest BCUT2D eigenvalue weighted by molar-refractivity contribution is -0.133. The number of ether oxygens (including phenoxy) is 2. The van der Waals surface area contributed by atoms with Crippen molar-refractivity contribution in [1.29, 1.82) is 0 Å². The first-order valence-electron chi connectivity index (χ1n) is 8.79. The lowest BCUT2D eigenvalue weighted by Gasteiger charge is -2.15. The molecule has 0 aliphatic heterocycles. The van der Waals surface area contributed by atoms with Gasteiger partial charge in [-0.25, -0.2) is 9.78 Å². The molecule has 160 valence electrons. The molecule has 3 N–H and O–H groups in total. The number of methoxy groups -OCH3 is 1. The Labute approximate surface area is 173 Å². The number of aliphatic carboxylic acids is 1. The predicted molar refractivity (Wildman–Crippen MR) is 108 cm³/mol. The fourth-order valence-corrected chi connectivity index (χ4v) is 3.47. The van der Waals surface area contributed by atoms with Gasteiger partial charge in [-0.3, -0.25) is 19.1 Å². The van der Waals surface area contributed by atoms with Crippen LogP contribution in [0.3, 0.4) is 0 Å². The van der Waals surface area contributed by atoms with Crippen molar-refractivity contribution >= 4 is 28.9 Å². The maximum Gasteiger partial charge on any atom is 0.329 e. The van der Waals surface area contributed by atoms with Gasteiger partial charge >= 0.3 is 11.7 Å². The maximum absolute atomic E-state index is 12.4. The van der Waals surface area contributed by atoms with Crippen LogP contribution < -0.4 is 20.7 Å². The zero-order valence-electron chi connectivity index (χ0n) is 16.2. The Morgan fingerprint density at radius 1 is 1.27 bits per heavy atom. The van der Waals surface area contributed by atoms with E-state index < -0.39 is 23.3 Å². The number of thioether (sulfide) groups is 1. The van der Waals surface area contributed by atoms with E-state index in [0.717, 1.165) is 16.3 Å². The topological polar surface area (TPSA) is 149 Å². The third-order valence-corrected chi connectivity index (χ3v) is 5.15. The van der Waals surface area contributed by atoms with Gasteiger partial charge in [-0.2, -0.15) is 0 Å². The molecule has 0 fully saturated rings. The molecular formula is C18H20N4O7S. The molecule has 0 saturated heterocycles. The molecule has 2 heterocycles. The van der Waals surface area contributed by atoms with Crippen LogP contribution in [-0.4, -0.2) is 60.9 Å². The van der Waals surface area contributed by atoms with Gasteiger partial charge in [0.2, 0.25) is 0 Å². The molecule has 1 atom stereocenters. The Balaban J connectivity index is 1.85. The average molecular weight is 436 g/mol. The number of aromatic nitrogens is 4. The molecule has 0 unspecified atom stereocenters. The highest BCUT2D eigenvalue weighted by Gasteiger charge is 2.20. The van der Waals surface area contributed by atoms with Gasteiger partial charge in [-0.05, 0) is 24.3 Å². The molecule has 12 heteroatoms. The number of carbonyl (C=O) groups is 1. The fraction of sp³-hybridized carbons (Fsp3) is 0.333. The molecule has 0 aliphatic carbocycles. The van der Waals surface area contributed by atoms with E-state index in [2.05, 4.69) is 9.97 Å². The minimum absolute atomic E-state index is 0.0634. The summed E-state index contributed by atoms with van der Waals surface area (Å²) >= 11 is 0.883. The van der Waals surface area contributed by atoms with E-state index in [1.807, 2.05) is 0 Å². The van der Waals surface area contributed by atoms with Gasteiger partial charge < -0.3 is 24.3 Å². The van der Waals surface area contributed by atoms with Gasteiger partial charge in [0.15, 0.2) is 16.3 Å². The summed E-state index contributed by atoms with van der Waals surface area (Å²) in [5.41, 5.74) is -1.16. The number of hydrogen-bond acceptors (Lipinski definition) is 8. The minimum Gasteiger partial charge on any atom is -0.497 e. The SMILES string of the molecule is COc1ccc(OC[C@@H](O)Cn2c(SCC(=O)O)nc3c2c(=O)[nH]c(=O)n3C)cc1. The van der Waals surface area contributed by atoms with E-state index in [1.165, 1.54) is 11.6 Å². The third kappa shape index (κ3) is 4.66. The average Bonchev–Trinajstić information content (AvgIpc) is 3.08. The van der Waals surface area contributed by atoms with Crippen LogP contribution in [0.25, 0.3) is 11.2 Å². The molecule has 11 nitrogen and oxygen atoms in total. The highest BCUT2D eigenvalue weighted by molar-refractivity contribution is 7.99. The van der Waals surface area contributed by atoms with E-state index in [0.29, 0.717) is 11.5 Å². The Morgan fingerprint density at radius 3 is 2.57 bits per heavy atom. The normalized spacial score (nSPS) is 12.1. The van der Waals surface area contributed by atoms with Crippen molar-refractivity contribution in [2.75, 3.05) is 19.5 Å². The Kier molecular flexibility index (Phi) is 6.47. The van der Waals surface area contributed by atoms with Gasteiger partial charge in [-0.15, -0.1) is 0 Å². The van der Waals surface area contributed by atoms with E-state index >= 15 is 0 Å². The van der Waals surface area contributed by atoms with Crippen LogP contribution in [0.2, 0.25) is 0 Å². The number of rotatable bonds is 9. The number of aliphatic hydroxyl groups excluding tert-OH is 1. The van der Waals surface area contributed by atoms with Gasteiger partial charge in [-0.1, -0.05) is 11.8 Å². The summed E-state index contributed by atoms with van der Waals surface area (Å²) in [6.07, 6.45) is -1.04. The first-order chi connectivity index (χ1) is 14.3. The molecule has 0 amide bonds. The molecule has 30 heavy (non-hydrogen) atoms. The first-order valence-corrected chi connectivity index (χ1v) is 9.77. The van der Waals surface area contributed by atoms with Gasteiger partial charge in [0.1, 0.15) is 24.2 Å². The summed E-state index contributed by atoms with van der Waals surface area (Å²) in [7, 11) is 2.99. The zero-order chi connectivity index (χ0) is 21.8. The molecule has 0 radical (unpaired) electrons. The summed E-state index contributed by atoms with van der Waals surface area (Å²) < 4.78 is 13.2. The molecule has 1 aromatic carbocycles. The Hall–Kier alpha value is -3.25. The second kappa shape index (κ2) is 9.05. The van der Waals surface area contributed by atoms with Crippen LogP contribution in [-0.2, 0) is 18.4 Å². The predicted octanol–water partition coefficient (Wildman–Crippen LogP) is 0.0485. The lowest BCUT2D eigenvalue weighted by atomic mass is 10.3.